The van der Waals surface area contributed by atoms with Crippen LogP contribution in [0, 0.1) is 5.82 Å². The number of morpholine rings is 1. The van der Waals surface area contributed by atoms with E-state index in [2.05, 4.69) is 22.3 Å². The second-order valence-electron chi connectivity index (χ2n) is 8.14. The molecule has 4 nitrogen and oxygen atoms in total. The molecule has 4 rings (SSSR count). The number of benzene rings is 2. The fourth-order valence-electron chi connectivity index (χ4n) is 4.64. The van der Waals surface area contributed by atoms with E-state index in [9.17, 15) is 9.18 Å². The maximum Gasteiger partial charge on any atom is 0.230 e. The van der Waals surface area contributed by atoms with Crippen LogP contribution < -0.4 is 5.32 Å². The van der Waals surface area contributed by atoms with Crippen LogP contribution in [0.4, 0.5) is 4.39 Å². The molecule has 2 aliphatic rings. The van der Waals surface area contributed by atoms with E-state index in [1.807, 2.05) is 18.2 Å². The molecule has 2 aromatic carbocycles. The summed E-state index contributed by atoms with van der Waals surface area (Å²) in [4.78, 5) is 15.7. The minimum Gasteiger partial charge on any atom is -0.379 e. The first-order chi connectivity index (χ1) is 14.2. The first-order valence-electron chi connectivity index (χ1n) is 10.6. The average Bonchev–Trinajstić information content (AvgIpc) is 3.25. The van der Waals surface area contributed by atoms with E-state index < -0.39 is 5.41 Å². The summed E-state index contributed by atoms with van der Waals surface area (Å²) in [5.41, 5.74) is 2.57. The lowest BCUT2D eigenvalue weighted by molar-refractivity contribution is -0.126. The lowest BCUT2D eigenvalue weighted by Gasteiger charge is -2.29. The number of amides is 1. The van der Waals surface area contributed by atoms with Crippen molar-refractivity contribution in [1.82, 2.24) is 10.2 Å². The number of nitrogens with zero attached hydrogens (tertiary/aromatic N) is 1. The van der Waals surface area contributed by atoms with Gasteiger partial charge >= 0.3 is 0 Å². The topological polar surface area (TPSA) is 41.6 Å². The zero-order chi connectivity index (χ0) is 20.1. The van der Waals surface area contributed by atoms with Crippen LogP contribution in [0.3, 0.4) is 0 Å². The van der Waals surface area contributed by atoms with E-state index in [-0.39, 0.29) is 11.7 Å². The number of carbonyl (C=O) groups is 1. The molecule has 0 spiro atoms. The number of hydrogen-bond donors (Lipinski definition) is 1. The quantitative estimate of drug-likeness (QED) is 0.808. The highest BCUT2D eigenvalue weighted by atomic mass is 19.1. The third-order valence-corrected chi connectivity index (χ3v) is 6.32. The zero-order valence-electron chi connectivity index (χ0n) is 16.8. The number of rotatable bonds is 6. The third kappa shape index (κ3) is 4.51. The number of nitrogens with one attached hydrogen (secondary N) is 1. The predicted octanol–water partition coefficient (Wildman–Crippen LogP) is 3.79. The maximum absolute atomic E-state index is 13.8. The Morgan fingerprint density at radius 3 is 2.48 bits per heavy atom. The summed E-state index contributed by atoms with van der Waals surface area (Å²) in [6.07, 6.45) is 3.55. The summed E-state index contributed by atoms with van der Waals surface area (Å²) < 4.78 is 19.3. The Morgan fingerprint density at radius 2 is 1.76 bits per heavy atom. The molecule has 1 aliphatic heterocycles. The van der Waals surface area contributed by atoms with E-state index in [0.29, 0.717) is 6.54 Å². The van der Waals surface area contributed by atoms with Gasteiger partial charge in [-0.05, 0) is 41.7 Å². The molecule has 1 saturated carbocycles. The van der Waals surface area contributed by atoms with Gasteiger partial charge in [-0.3, -0.25) is 9.69 Å². The number of carbonyl (C=O) groups excluding carboxylic acids is 1. The molecule has 1 amide bonds. The third-order valence-electron chi connectivity index (χ3n) is 6.32. The van der Waals surface area contributed by atoms with Crippen LogP contribution >= 0.6 is 0 Å². The average molecular weight is 397 g/mol. The van der Waals surface area contributed by atoms with Crippen LogP contribution in [-0.4, -0.2) is 37.1 Å². The molecule has 1 aliphatic carbocycles. The largest absolute Gasteiger partial charge is 0.379 e. The molecule has 0 unspecified atom stereocenters. The molecule has 0 radical (unpaired) electrons. The van der Waals surface area contributed by atoms with Gasteiger partial charge in [-0.25, -0.2) is 4.39 Å². The van der Waals surface area contributed by atoms with Crippen molar-refractivity contribution in [2.75, 3.05) is 26.3 Å². The SMILES string of the molecule is O=C(NCc1ccccc1CN1CCOCC1)C1(c2cccc(F)c2)CCCC1. The van der Waals surface area contributed by atoms with E-state index in [1.54, 1.807) is 6.07 Å². The molecule has 1 heterocycles. The predicted molar refractivity (Wildman–Crippen MR) is 111 cm³/mol. The number of halogens is 1. The van der Waals surface area contributed by atoms with Gasteiger partial charge in [0.15, 0.2) is 0 Å². The first kappa shape index (κ1) is 20.0. The van der Waals surface area contributed by atoms with Gasteiger partial charge < -0.3 is 10.1 Å². The normalized spacial score (nSPS) is 19.2. The molecule has 1 saturated heterocycles. The van der Waals surface area contributed by atoms with Gasteiger partial charge in [-0.2, -0.15) is 0 Å². The lowest BCUT2D eigenvalue weighted by atomic mass is 9.78. The Balaban J connectivity index is 1.47. The van der Waals surface area contributed by atoms with E-state index in [4.69, 9.17) is 4.74 Å². The molecule has 0 atom stereocenters. The van der Waals surface area contributed by atoms with Gasteiger partial charge in [0.25, 0.3) is 0 Å². The Hall–Kier alpha value is -2.24. The molecule has 0 bridgehead atoms. The van der Waals surface area contributed by atoms with Crippen molar-refractivity contribution in [2.45, 2.75) is 44.2 Å². The summed E-state index contributed by atoms with van der Waals surface area (Å²) in [5, 5.41) is 3.17. The maximum atomic E-state index is 13.8. The fourth-order valence-corrected chi connectivity index (χ4v) is 4.64. The Bertz CT molecular complexity index is 842. The molecule has 0 aromatic heterocycles. The van der Waals surface area contributed by atoms with Crippen LogP contribution in [0.15, 0.2) is 48.5 Å². The summed E-state index contributed by atoms with van der Waals surface area (Å²) >= 11 is 0. The molecule has 29 heavy (non-hydrogen) atoms. The lowest BCUT2D eigenvalue weighted by Crippen LogP contribution is -2.42. The van der Waals surface area contributed by atoms with Gasteiger partial charge in [0.1, 0.15) is 5.82 Å². The van der Waals surface area contributed by atoms with Gasteiger partial charge in [-0.1, -0.05) is 49.2 Å². The Labute approximate surface area is 172 Å². The van der Waals surface area contributed by atoms with Crippen LogP contribution in [0.5, 0.6) is 0 Å². The van der Waals surface area contributed by atoms with Crippen molar-refractivity contribution in [3.63, 3.8) is 0 Å². The zero-order valence-corrected chi connectivity index (χ0v) is 16.8. The minimum atomic E-state index is -0.610. The Morgan fingerprint density at radius 1 is 1.03 bits per heavy atom. The van der Waals surface area contributed by atoms with Crippen molar-refractivity contribution in [3.05, 3.63) is 71.0 Å². The van der Waals surface area contributed by atoms with Gasteiger partial charge in [0.05, 0.1) is 18.6 Å². The van der Waals surface area contributed by atoms with E-state index in [0.717, 1.165) is 69.7 Å². The molecule has 2 fully saturated rings. The van der Waals surface area contributed by atoms with Crippen molar-refractivity contribution in [2.24, 2.45) is 0 Å². The minimum absolute atomic E-state index is 0.0155. The van der Waals surface area contributed by atoms with Gasteiger partial charge in [-0.15, -0.1) is 0 Å². The number of hydrogen-bond acceptors (Lipinski definition) is 3. The second kappa shape index (κ2) is 9.06. The van der Waals surface area contributed by atoms with Crippen molar-refractivity contribution < 1.29 is 13.9 Å². The molecule has 1 N–H and O–H groups in total. The fraction of sp³-hybridized carbons (Fsp3) is 0.458. The molecule has 154 valence electrons. The van der Waals surface area contributed by atoms with Crippen LogP contribution in [0.2, 0.25) is 0 Å². The van der Waals surface area contributed by atoms with Crippen LogP contribution in [0.1, 0.15) is 42.4 Å². The first-order valence-corrected chi connectivity index (χ1v) is 10.6. The second-order valence-corrected chi connectivity index (χ2v) is 8.14. The summed E-state index contributed by atoms with van der Waals surface area (Å²) in [7, 11) is 0. The van der Waals surface area contributed by atoms with Crippen molar-refractivity contribution in [3.8, 4) is 0 Å². The highest BCUT2D eigenvalue weighted by Gasteiger charge is 2.42. The van der Waals surface area contributed by atoms with Gasteiger partial charge in [0.2, 0.25) is 5.91 Å². The molecular weight excluding hydrogens is 367 g/mol. The number of ether oxygens (including phenoxy) is 1. The summed E-state index contributed by atoms with van der Waals surface area (Å²) in [5.74, 6) is -0.265. The van der Waals surface area contributed by atoms with Crippen molar-refractivity contribution >= 4 is 5.91 Å². The van der Waals surface area contributed by atoms with Crippen molar-refractivity contribution in [1.29, 1.82) is 0 Å². The standard InChI is InChI=1S/C24H29FN2O2/c25-22-9-5-8-21(16-22)24(10-3-4-11-24)23(28)26-17-19-6-1-2-7-20(19)18-27-12-14-29-15-13-27/h1-2,5-9,16H,3-4,10-15,17-18H2,(H,26,28). The van der Waals surface area contributed by atoms with E-state index >= 15 is 0 Å². The Kier molecular flexibility index (Phi) is 6.26. The highest BCUT2D eigenvalue weighted by molar-refractivity contribution is 5.88. The molecular formula is C24H29FN2O2. The molecule has 2 aromatic rings. The van der Waals surface area contributed by atoms with Crippen LogP contribution in [0.25, 0.3) is 0 Å². The van der Waals surface area contributed by atoms with Crippen LogP contribution in [-0.2, 0) is 28.0 Å². The van der Waals surface area contributed by atoms with E-state index in [1.165, 1.54) is 17.7 Å². The highest BCUT2D eigenvalue weighted by Crippen LogP contribution is 2.41. The molecule has 5 heteroatoms. The van der Waals surface area contributed by atoms with Gasteiger partial charge in [0, 0.05) is 26.2 Å². The summed E-state index contributed by atoms with van der Waals surface area (Å²) in [6.45, 7) is 4.78. The summed E-state index contributed by atoms with van der Waals surface area (Å²) in [6, 6.07) is 14.8. The monoisotopic (exact) mass is 396 g/mol. The smallest absolute Gasteiger partial charge is 0.230 e.